The van der Waals surface area contributed by atoms with Gasteiger partial charge in [0.2, 0.25) is 0 Å². The van der Waals surface area contributed by atoms with E-state index in [4.69, 9.17) is 4.74 Å². The molecule has 1 atom stereocenters. The third-order valence-electron chi connectivity index (χ3n) is 4.78. The zero-order valence-corrected chi connectivity index (χ0v) is 15.7. The molecule has 0 unspecified atom stereocenters. The van der Waals surface area contributed by atoms with E-state index in [1.807, 2.05) is 61.5 Å². The van der Waals surface area contributed by atoms with Gasteiger partial charge < -0.3 is 10.1 Å². The van der Waals surface area contributed by atoms with Crippen molar-refractivity contribution in [3.63, 3.8) is 0 Å². The minimum Gasteiger partial charge on any atom is -0.466 e. The van der Waals surface area contributed by atoms with Crippen LogP contribution in [-0.4, -0.2) is 36.5 Å². The average Bonchev–Trinajstić information content (AvgIpc) is 2.70. The van der Waals surface area contributed by atoms with Gasteiger partial charge in [-0.3, -0.25) is 14.5 Å². The van der Waals surface area contributed by atoms with E-state index in [9.17, 15) is 9.59 Å². The first-order valence-electron chi connectivity index (χ1n) is 9.50. The number of benzene rings is 2. The molecule has 0 spiro atoms. The molecule has 3 rings (SSSR count). The van der Waals surface area contributed by atoms with Crippen molar-refractivity contribution in [2.24, 2.45) is 5.92 Å². The smallest absolute Gasteiger partial charge is 0.310 e. The number of amides is 1. The second kappa shape index (κ2) is 9.33. The molecule has 5 heteroatoms. The van der Waals surface area contributed by atoms with Crippen LogP contribution >= 0.6 is 0 Å². The summed E-state index contributed by atoms with van der Waals surface area (Å²) in [4.78, 5) is 26.6. The lowest BCUT2D eigenvalue weighted by Gasteiger charge is -2.31. The Balaban J connectivity index is 1.55. The van der Waals surface area contributed by atoms with Crippen LogP contribution in [0.15, 0.2) is 54.6 Å². The number of nitrogens with one attached hydrogen (secondary N) is 1. The summed E-state index contributed by atoms with van der Waals surface area (Å²) in [5, 5.41) is 2.89. The predicted octanol–water partition coefficient (Wildman–Crippen LogP) is 3.71. The van der Waals surface area contributed by atoms with Crippen molar-refractivity contribution in [1.29, 1.82) is 0 Å². The summed E-state index contributed by atoms with van der Waals surface area (Å²) in [7, 11) is 0. The Kier molecular flexibility index (Phi) is 6.60. The number of nitrogens with zero attached hydrogens (tertiary/aromatic N) is 1. The van der Waals surface area contributed by atoms with E-state index >= 15 is 0 Å². The minimum absolute atomic E-state index is 0.0328. The second-order valence-electron chi connectivity index (χ2n) is 6.84. The van der Waals surface area contributed by atoms with E-state index in [0.29, 0.717) is 12.2 Å². The minimum atomic E-state index is -0.118. The maximum Gasteiger partial charge on any atom is 0.310 e. The number of esters is 1. The van der Waals surface area contributed by atoms with Crippen LogP contribution in [0.25, 0.3) is 0 Å². The molecule has 1 aliphatic rings. The van der Waals surface area contributed by atoms with Gasteiger partial charge in [0, 0.05) is 24.3 Å². The summed E-state index contributed by atoms with van der Waals surface area (Å²) >= 11 is 0. The third kappa shape index (κ3) is 5.41. The van der Waals surface area contributed by atoms with Gasteiger partial charge >= 0.3 is 5.97 Å². The Morgan fingerprint density at radius 1 is 1.11 bits per heavy atom. The van der Waals surface area contributed by atoms with Crippen LogP contribution in [0.1, 0.15) is 35.7 Å². The number of likely N-dealkylation sites (tertiary alicyclic amines) is 1. The van der Waals surface area contributed by atoms with Crippen molar-refractivity contribution in [2.75, 3.05) is 25.0 Å². The van der Waals surface area contributed by atoms with Gasteiger partial charge in [0.15, 0.2) is 0 Å². The summed E-state index contributed by atoms with van der Waals surface area (Å²) in [6, 6.07) is 17.1. The molecule has 2 aromatic rings. The van der Waals surface area contributed by atoms with Crippen LogP contribution < -0.4 is 5.32 Å². The number of para-hydroxylation sites is 1. The Labute approximate surface area is 160 Å². The molecule has 142 valence electrons. The summed E-state index contributed by atoms with van der Waals surface area (Å²) in [5.41, 5.74) is 2.55. The van der Waals surface area contributed by atoms with Crippen LogP contribution in [-0.2, 0) is 16.1 Å². The molecule has 0 aliphatic carbocycles. The number of piperidine rings is 1. The Bertz CT molecular complexity index is 759. The highest BCUT2D eigenvalue weighted by molar-refractivity contribution is 6.04. The number of carbonyl (C=O) groups is 2. The van der Waals surface area contributed by atoms with Gasteiger partial charge in [0.25, 0.3) is 5.91 Å². The first kappa shape index (κ1) is 19.1. The molecule has 1 heterocycles. The number of carbonyl (C=O) groups excluding carboxylic acids is 2. The van der Waals surface area contributed by atoms with Gasteiger partial charge in [-0.15, -0.1) is 0 Å². The van der Waals surface area contributed by atoms with Gasteiger partial charge in [-0.05, 0) is 56.1 Å². The maximum atomic E-state index is 12.3. The van der Waals surface area contributed by atoms with E-state index in [2.05, 4.69) is 10.2 Å². The van der Waals surface area contributed by atoms with Crippen molar-refractivity contribution in [3.05, 3.63) is 65.7 Å². The molecule has 2 aromatic carbocycles. The molecule has 27 heavy (non-hydrogen) atoms. The topological polar surface area (TPSA) is 58.6 Å². The summed E-state index contributed by atoms with van der Waals surface area (Å²) in [5.74, 6) is -0.238. The largest absolute Gasteiger partial charge is 0.466 e. The summed E-state index contributed by atoms with van der Waals surface area (Å²) < 4.78 is 5.16. The van der Waals surface area contributed by atoms with E-state index in [1.165, 1.54) is 0 Å². The average molecular weight is 366 g/mol. The quantitative estimate of drug-likeness (QED) is 0.792. The highest BCUT2D eigenvalue weighted by Crippen LogP contribution is 2.20. The fourth-order valence-electron chi connectivity index (χ4n) is 3.40. The molecule has 0 bridgehead atoms. The van der Waals surface area contributed by atoms with E-state index in [0.717, 1.165) is 43.7 Å². The van der Waals surface area contributed by atoms with Crippen molar-refractivity contribution in [3.8, 4) is 0 Å². The Morgan fingerprint density at radius 2 is 1.85 bits per heavy atom. The molecular formula is C22H26N2O3. The monoisotopic (exact) mass is 366 g/mol. The van der Waals surface area contributed by atoms with Crippen LogP contribution in [0.2, 0.25) is 0 Å². The second-order valence-corrected chi connectivity index (χ2v) is 6.84. The first-order valence-corrected chi connectivity index (χ1v) is 9.50. The van der Waals surface area contributed by atoms with Crippen molar-refractivity contribution in [2.45, 2.75) is 26.3 Å². The lowest BCUT2D eigenvalue weighted by Crippen LogP contribution is -2.38. The highest BCUT2D eigenvalue weighted by Gasteiger charge is 2.26. The zero-order valence-electron chi connectivity index (χ0n) is 15.7. The molecular weight excluding hydrogens is 340 g/mol. The van der Waals surface area contributed by atoms with Gasteiger partial charge in [0.05, 0.1) is 12.5 Å². The maximum absolute atomic E-state index is 12.3. The van der Waals surface area contributed by atoms with Crippen LogP contribution in [0, 0.1) is 5.92 Å². The van der Waals surface area contributed by atoms with Crippen molar-refractivity contribution < 1.29 is 14.3 Å². The normalized spacial score (nSPS) is 17.3. The number of hydrogen-bond donors (Lipinski definition) is 1. The molecule has 1 N–H and O–H groups in total. The van der Waals surface area contributed by atoms with E-state index in [1.54, 1.807) is 0 Å². The third-order valence-corrected chi connectivity index (χ3v) is 4.78. The first-order chi connectivity index (χ1) is 13.2. The van der Waals surface area contributed by atoms with Gasteiger partial charge in [0.1, 0.15) is 0 Å². The molecule has 0 aromatic heterocycles. The predicted molar refractivity (Wildman–Crippen MR) is 105 cm³/mol. The van der Waals surface area contributed by atoms with Crippen molar-refractivity contribution in [1.82, 2.24) is 4.90 Å². The Morgan fingerprint density at radius 3 is 2.56 bits per heavy atom. The molecule has 1 fully saturated rings. The van der Waals surface area contributed by atoms with Gasteiger partial charge in [-0.2, -0.15) is 0 Å². The molecule has 1 saturated heterocycles. The van der Waals surface area contributed by atoms with Crippen LogP contribution in [0.3, 0.4) is 0 Å². The Hall–Kier alpha value is -2.66. The SMILES string of the molecule is CCOC(=O)[C@@H]1CCCN(Cc2ccc(C(=O)Nc3ccccc3)cc2)C1. The molecule has 5 nitrogen and oxygen atoms in total. The van der Waals surface area contributed by atoms with Gasteiger partial charge in [-0.25, -0.2) is 0 Å². The van der Waals surface area contributed by atoms with Crippen molar-refractivity contribution >= 4 is 17.6 Å². The van der Waals surface area contributed by atoms with Crippen LogP contribution in [0.5, 0.6) is 0 Å². The zero-order chi connectivity index (χ0) is 19.1. The lowest BCUT2D eigenvalue weighted by atomic mass is 9.97. The molecule has 0 radical (unpaired) electrons. The lowest BCUT2D eigenvalue weighted by molar-refractivity contribution is -0.150. The number of ether oxygens (including phenoxy) is 1. The van der Waals surface area contributed by atoms with Gasteiger partial charge in [-0.1, -0.05) is 30.3 Å². The highest BCUT2D eigenvalue weighted by atomic mass is 16.5. The summed E-state index contributed by atoms with van der Waals surface area (Å²) in [6.45, 7) is 4.76. The van der Waals surface area contributed by atoms with Crippen LogP contribution in [0.4, 0.5) is 5.69 Å². The number of hydrogen-bond acceptors (Lipinski definition) is 4. The fourth-order valence-corrected chi connectivity index (χ4v) is 3.40. The molecule has 1 aliphatic heterocycles. The van der Waals surface area contributed by atoms with E-state index < -0.39 is 0 Å². The standard InChI is InChI=1S/C22H26N2O3/c1-2-27-22(26)19-7-6-14-24(16-19)15-17-10-12-18(13-11-17)21(25)23-20-8-4-3-5-9-20/h3-5,8-13,19H,2,6-7,14-16H2,1H3,(H,23,25)/t19-/m1/s1. The molecule has 1 amide bonds. The van der Waals surface area contributed by atoms with E-state index in [-0.39, 0.29) is 17.8 Å². The number of anilines is 1. The number of rotatable bonds is 6. The molecule has 0 saturated carbocycles. The summed E-state index contributed by atoms with van der Waals surface area (Å²) in [6.07, 6.45) is 1.90. The fraction of sp³-hybridized carbons (Fsp3) is 0.364.